The van der Waals surface area contributed by atoms with Crippen LogP contribution in [0.15, 0.2) is 42.7 Å². The highest BCUT2D eigenvalue weighted by Gasteiger charge is 2.34. The van der Waals surface area contributed by atoms with Gasteiger partial charge in [-0.1, -0.05) is 6.07 Å². The lowest BCUT2D eigenvalue weighted by Crippen LogP contribution is -2.53. The van der Waals surface area contributed by atoms with E-state index in [4.69, 9.17) is 0 Å². The van der Waals surface area contributed by atoms with Gasteiger partial charge in [-0.05, 0) is 43.7 Å². The van der Waals surface area contributed by atoms with Crippen molar-refractivity contribution in [2.45, 2.75) is 39.5 Å². The molecule has 3 heterocycles. The van der Waals surface area contributed by atoms with E-state index in [0.29, 0.717) is 48.1 Å². The highest BCUT2D eigenvalue weighted by Crippen LogP contribution is 2.32. The molecule has 206 valence electrons. The molecule has 9 nitrogen and oxygen atoms in total. The standard InChI is InChI=1S/C27H30F3N7O2/c1-16-5-8-22(27(28,29)30)24(35-16)14-32-23-11-19(6-7-21(23)25(39)31-4)20-12-33-26(34-13-20)37-10-9-36(18(3)38)15-17(37)2/h5-8,11-13,17,32H,9-10,14-15H2,1-4H3,(H,31,39). The second-order valence-electron chi connectivity index (χ2n) is 9.42. The molecular formula is C27H30F3N7O2. The first-order valence-corrected chi connectivity index (χ1v) is 12.5. The number of carbonyl (C=O) groups excluding carboxylic acids is 2. The van der Waals surface area contributed by atoms with Crippen molar-refractivity contribution in [2.75, 3.05) is 36.9 Å². The van der Waals surface area contributed by atoms with Crippen molar-refractivity contribution in [2.24, 2.45) is 0 Å². The van der Waals surface area contributed by atoms with E-state index in [1.807, 2.05) is 11.8 Å². The fourth-order valence-corrected chi connectivity index (χ4v) is 4.54. The molecule has 2 aromatic heterocycles. The Morgan fingerprint density at radius 1 is 1.08 bits per heavy atom. The van der Waals surface area contributed by atoms with Crippen LogP contribution in [0.4, 0.5) is 24.8 Å². The van der Waals surface area contributed by atoms with Crippen LogP contribution in [-0.2, 0) is 17.5 Å². The second-order valence-corrected chi connectivity index (χ2v) is 9.42. The van der Waals surface area contributed by atoms with Crippen LogP contribution in [0, 0.1) is 6.92 Å². The maximum atomic E-state index is 13.5. The van der Waals surface area contributed by atoms with Crippen LogP contribution >= 0.6 is 0 Å². The first kappa shape index (κ1) is 27.8. The van der Waals surface area contributed by atoms with Gasteiger partial charge in [0.1, 0.15) is 0 Å². The summed E-state index contributed by atoms with van der Waals surface area (Å²) in [7, 11) is 1.48. The number of nitrogens with zero attached hydrogens (tertiary/aromatic N) is 5. The Bertz CT molecular complexity index is 1360. The summed E-state index contributed by atoms with van der Waals surface area (Å²) in [6.45, 7) is 6.74. The Hall–Kier alpha value is -4.22. The highest BCUT2D eigenvalue weighted by atomic mass is 19.4. The Kier molecular flexibility index (Phi) is 8.03. The molecule has 3 aromatic rings. The maximum absolute atomic E-state index is 13.5. The van der Waals surface area contributed by atoms with E-state index >= 15 is 0 Å². The molecule has 1 aliphatic heterocycles. The summed E-state index contributed by atoms with van der Waals surface area (Å²) in [6, 6.07) is 7.38. The SMILES string of the molecule is CNC(=O)c1ccc(-c2cnc(N3CCN(C(C)=O)CC3C)nc2)cc1NCc1nc(C)ccc1C(F)(F)F. The number of pyridine rings is 1. The zero-order valence-electron chi connectivity index (χ0n) is 22.1. The largest absolute Gasteiger partial charge is 0.418 e. The number of nitrogens with one attached hydrogen (secondary N) is 2. The number of piperazine rings is 1. The zero-order valence-corrected chi connectivity index (χ0v) is 22.1. The molecule has 1 atom stereocenters. The predicted molar refractivity (Wildman–Crippen MR) is 141 cm³/mol. The molecule has 2 N–H and O–H groups in total. The van der Waals surface area contributed by atoms with Crippen molar-refractivity contribution in [3.05, 3.63) is 65.2 Å². The molecule has 39 heavy (non-hydrogen) atoms. The number of amides is 2. The second kappa shape index (κ2) is 11.3. The van der Waals surface area contributed by atoms with Crippen molar-refractivity contribution in [3.8, 4) is 11.1 Å². The molecule has 0 bridgehead atoms. The predicted octanol–water partition coefficient (Wildman–Crippen LogP) is 3.89. The monoisotopic (exact) mass is 541 g/mol. The van der Waals surface area contributed by atoms with Gasteiger partial charge in [0.15, 0.2) is 0 Å². The summed E-state index contributed by atoms with van der Waals surface area (Å²) in [6.07, 6.45) is -1.23. The van der Waals surface area contributed by atoms with Crippen molar-refractivity contribution in [1.29, 1.82) is 0 Å². The van der Waals surface area contributed by atoms with Crippen LogP contribution in [0.2, 0.25) is 0 Å². The topological polar surface area (TPSA) is 103 Å². The number of hydrogen-bond donors (Lipinski definition) is 2. The molecule has 1 aliphatic rings. The minimum absolute atomic E-state index is 0.0372. The van der Waals surface area contributed by atoms with Gasteiger partial charge in [-0.25, -0.2) is 9.97 Å². The molecule has 2 amide bonds. The molecule has 0 saturated carbocycles. The molecule has 0 spiro atoms. The van der Waals surface area contributed by atoms with Gasteiger partial charge in [0.2, 0.25) is 11.9 Å². The van der Waals surface area contributed by atoms with Crippen LogP contribution in [0.5, 0.6) is 0 Å². The first-order valence-electron chi connectivity index (χ1n) is 12.5. The Morgan fingerprint density at radius 3 is 2.41 bits per heavy atom. The third-order valence-electron chi connectivity index (χ3n) is 6.66. The summed E-state index contributed by atoms with van der Waals surface area (Å²) in [4.78, 5) is 41.1. The van der Waals surface area contributed by atoms with Crippen molar-refractivity contribution in [1.82, 2.24) is 25.2 Å². The van der Waals surface area contributed by atoms with E-state index in [1.165, 1.54) is 13.1 Å². The van der Waals surface area contributed by atoms with Crippen LogP contribution in [0.1, 0.15) is 41.2 Å². The first-order chi connectivity index (χ1) is 18.5. The van der Waals surface area contributed by atoms with Gasteiger partial charge >= 0.3 is 6.18 Å². The number of carbonyl (C=O) groups is 2. The van der Waals surface area contributed by atoms with E-state index in [9.17, 15) is 22.8 Å². The van der Waals surface area contributed by atoms with Gasteiger partial charge in [0.05, 0.1) is 23.4 Å². The van der Waals surface area contributed by atoms with Gasteiger partial charge in [0, 0.05) is 69.0 Å². The van der Waals surface area contributed by atoms with Gasteiger partial charge in [-0.3, -0.25) is 14.6 Å². The summed E-state index contributed by atoms with van der Waals surface area (Å²) in [5, 5.41) is 5.52. The van der Waals surface area contributed by atoms with Crippen LogP contribution < -0.4 is 15.5 Å². The van der Waals surface area contributed by atoms with Gasteiger partial charge < -0.3 is 20.4 Å². The minimum atomic E-state index is -4.56. The van der Waals surface area contributed by atoms with E-state index in [2.05, 4.69) is 25.6 Å². The Morgan fingerprint density at radius 2 is 1.79 bits per heavy atom. The Balaban J connectivity index is 1.59. The third kappa shape index (κ3) is 6.27. The molecular weight excluding hydrogens is 511 g/mol. The molecule has 4 rings (SSSR count). The molecule has 12 heteroatoms. The van der Waals surface area contributed by atoms with E-state index in [0.717, 1.165) is 6.07 Å². The average molecular weight is 542 g/mol. The van der Waals surface area contributed by atoms with Crippen molar-refractivity contribution < 1.29 is 22.8 Å². The molecule has 0 aliphatic carbocycles. The molecule has 1 unspecified atom stereocenters. The number of halogens is 3. The average Bonchev–Trinajstić information content (AvgIpc) is 2.90. The maximum Gasteiger partial charge on any atom is 0.418 e. The number of benzene rings is 1. The summed E-state index contributed by atoms with van der Waals surface area (Å²) < 4.78 is 40.6. The van der Waals surface area contributed by atoms with Crippen molar-refractivity contribution >= 4 is 23.5 Å². The number of aromatic nitrogens is 3. The Labute approximate surface area is 224 Å². The normalized spacial score (nSPS) is 15.7. The number of alkyl halides is 3. The minimum Gasteiger partial charge on any atom is -0.379 e. The third-order valence-corrected chi connectivity index (χ3v) is 6.66. The van der Waals surface area contributed by atoms with Gasteiger partial charge in [0.25, 0.3) is 5.91 Å². The van der Waals surface area contributed by atoms with E-state index in [-0.39, 0.29) is 35.7 Å². The fraction of sp³-hybridized carbons (Fsp3) is 0.370. The highest BCUT2D eigenvalue weighted by molar-refractivity contribution is 6.00. The fourth-order valence-electron chi connectivity index (χ4n) is 4.54. The lowest BCUT2D eigenvalue weighted by atomic mass is 10.0. The van der Waals surface area contributed by atoms with Crippen LogP contribution in [-0.4, -0.2) is 64.4 Å². The van der Waals surface area contributed by atoms with Crippen LogP contribution in [0.3, 0.4) is 0 Å². The number of aryl methyl sites for hydroxylation is 1. The lowest BCUT2D eigenvalue weighted by molar-refractivity contribution is -0.138. The number of rotatable bonds is 6. The lowest BCUT2D eigenvalue weighted by Gasteiger charge is -2.39. The van der Waals surface area contributed by atoms with Gasteiger partial charge in [-0.2, -0.15) is 13.2 Å². The molecule has 1 saturated heterocycles. The molecule has 1 aromatic carbocycles. The van der Waals surface area contributed by atoms with Crippen molar-refractivity contribution in [3.63, 3.8) is 0 Å². The zero-order chi connectivity index (χ0) is 28.3. The summed E-state index contributed by atoms with van der Waals surface area (Å²) in [5.74, 6) is 0.192. The molecule has 1 fully saturated rings. The van der Waals surface area contributed by atoms with E-state index in [1.54, 1.807) is 49.3 Å². The molecule has 0 radical (unpaired) electrons. The smallest absolute Gasteiger partial charge is 0.379 e. The van der Waals surface area contributed by atoms with E-state index < -0.39 is 11.7 Å². The van der Waals surface area contributed by atoms with Crippen LogP contribution in [0.25, 0.3) is 11.1 Å². The quantitative estimate of drug-likeness (QED) is 0.488. The summed E-state index contributed by atoms with van der Waals surface area (Å²) >= 11 is 0. The number of hydrogen-bond acceptors (Lipinski definition) is 7. The number of anilines is 2. The summed E-state index contributed by atoms with van der Waals surface area (Å²) in [5.41, 5.74) is 1.43. The van der Waals surface area contributed by atoms with Gasteiger partial charge in [-0.15, -0.1) is 0 Å².